The predicted molar refractivity (Wildman–Crippen MR) is 133 cm³/mol. The van der Waals surface area contributed by atoms with E-state index in [1.54, 1.807) is 0 Å². The molecule has 0 heterocycles. The van der Waals surface area contributed by atoms with Gasteiger partial charge in [-0.2, -0.15) is 0 Å². The van der Waals surface area contributed by atoms with E-state index in [9.17, 15) is 5.11 Å². The van der Waals surface area contributed by atoms with Crippen LogP contribution in [0.5, 0.6) is 0 Å². The number of rotatable bonds is 8. The number of benzene rings is 1. The quantitative estimate of drug-likeness (QED) is 0.471. The second-order valence-corrected chi connectivity index (χ2v) is 7.23. The van der Waals surface area contributed by atoms with Gasteiger partial charge in [0.1, 0.15) is 0 Å². The molecule has 0 bridgehead atoms. The Kier molecular flexibility index (Phi) is 18.6. The number of nitrogens with two attached hydrogens (primary N) is 1. The van der Waals surface area contributed by atoms with Gasteiger partial charge in [0.15, 0.2) is 0 Å². The van der Waals surface area contributed by atoms with E-state index in [-0.39, 0.29) is 6.10 Å². The molecule has 1 aliphatic carbocycles. The lowest BCUT2D eigenvalue weighted by Gasteiger charge is -2.10. The normalized spacial score (nSPS) is 14.2. The smallest absolute Gasteiger partial charge is 0.0676 e. The van der Waals surface area contributed by atoms with E-state index in [0.29, 0.717) is 19.5 Å². The molecule has 3 nitrogen and oxygen atoms in total. The Hall–Kier alpha value is -2.20. The molecule has 0 aromatic heterocycles. The Morgan fingerprint density at radius 1 is 1.20 bits per heavy atom. The molecular formula is C27H42N2O. The van der Waals surface area contributed by atoms with Gasteiger partial charge >= 0.3 is 0 Å². The fraction of sp³-hybridized carbons (Fsp3) is 0.407. The highest BCUT2D eigenvalue weighted by Gasteiger charge is 2.01. The summed E-state index contributed by atoms with van der Waals surface area (Å²) in [5.74, 6) is 0. The minimum Gasteiger partial charge on any atom is -0.392 e. The maximum Gasteiger partial charge on any atom is 0.0676 e. The van der Waals surface area contributed by atoms with Crippen molar-refractivity contribution in [2.45, 2.75) is 59.6 Å². The molecule has 3 heteroatoms. The molecule has 30 heavy (non-hydrogen) atoms. The van der Waals surface area contributed by atoms with Crippen LogP contribution in [0.1, 0.15) is 52.5 Å². The van der Waals surface area contributed by atoms with Crippen LogP contribution in [0, 0.1) is 0 Å². The third kappa shape index (κ3) is 17.9. The van der Waals surface area contributed by atoms with Crippen molar-refractivity contribution in [1.82, 2.24) is 5.32 Å². The van der Waals surface area contributed by atoms with Gasteiger partial charge in [-0.3, -0.25) is 0 Å². The largest absolute Gasteiger partial charge is 0.392 e. The average molecular weight is 411 g/mol. The first-order chi connectivity index (χ1) is 14.5. The summed E-state index contributed by atoms with van der Waals surface area (Å²) in [5, 5.41) is 12.6. The molecule has 2 rings (SSSR count). The van der Waals surface area contributed by atoms with Crippen LogP contribution < -0.4 is 11.1 Å². The van der Waals surface area contributed by atoms with Gasteiger partial charge in [0, 0.05) is 13.1 Å². The van der Waals surface area contributed by atoms with Crippen molar-refractivity contribution in [3.05, 3.63) is 95.6 Å². The highest BCUT2D eigenvalue weighted by molar-refractivity contribution is 5.21. The lowest BCUT2D eigenvalue weighted by atomic mass is 10.2. The van der Waals surface area contributed by atoms with Gasteiger partial charge in [-0.25, -0.2) is 0 Å². The van der Waals surface area contributed by atoms with Crippen molar-refractivity contribution in [1.29, 1.82) is 0 Å². The van der Waals surface area contributed by atoms with Gasteiger partial charge in [-0.05, 0) is 52.1 Å². The lowest BCUT2D eigenvalue weighted by molar-refractivity contribution is 0.164. The van der Waals surface area contributed by atoms with E-state index >= 15 is 0 Å². The fourth-order valence-electron chi connectivity index (χ4n) is 2.61. The molecule has 166 valence electrons. The van der Waals surface area contributed by atoms with Crippen molar-refractivity contribution in [3.8, 4) is 0 Å². The van der Waals surface area contributed by atoms with E-state index in [0.717, 1.165) is 19.4 Å². The maximum absolute atomic E-state index is 9.38. The average Bonchev–Trinajstić information content (AvgIpc) is 2.98. The molecule has 0 amide bonds. The van der Waals surface area contributed by atoms with E-state index in [2.05, 4.69) is 86.8 Å². The lowest BCUT2D eigenvalue weighted by Crippen LogP contribution is -2.28. The summed E-state index contributed by atoms with van der Waals surface area (Å²) in [6.07, 6.45) is 19.4. The number of aliphatic hydroxyl groups excluding tert-OH is 1. The zero-order valence-corrected chi connectivity index (χ0v) is 19.4. The summed E-state index contributed by atoms with van der Waals surface area (Å²) in [5.41, 5.74) is 9.34. The Labute approximate surface area is 184 Å². The number of hydrogen-bond donors (Lipinski definition) is 3. The summed E-state index contributed by atoms with van der Waals surface area (Å²) in [7, 11) is 0. The van der Waals surface area contributed by atoms with Gasteiger partial charge in [0.05, 0.1) is 6.10 Å². The highest BCUT2D eigenvalue weighted by Crippen LogP contribution is 2.04. The minimum atomic E-state index is -0.330. The molecular weight excluding hydrogens is 368 g/mol. The molecule has 1 unspecified atom stereocenters. The van der Waals surface area contributed by atoms with E-state index in [1.807, 2.05) is 25.1 Å². The Bertz CT molecular complexity index is 669. The molecule has 1 atom stereocenters. The van der Waals surface area contributed by atoms with Crippen LogP contribution in [0.4, 0.5) is 0 Å². The minimum absolute atomic E-state index is 0.330. The molecule has 0 fully saturated rings. The predicted octanol–water partition coefficient (Wildman–Crippen LogP) is 5.85. The molecule has 4 N–H and O–H groups in total. The number of nitrogens with one attached hydrogen (secondary N) is 1. The molecule has 0 saturated heterocycles. The molecule has 1 aromatic rings. The molecule has 0 aliphatic heterocycles. The number of hydrogen-bond acceptors (Lipinski definition) is 3. The second kappa shape index (κ2) is 20.1. The molecule has 1 aromatic carbocycles. The van der Waals surface area contributed by atoms with Crippen molar-refractivity contribution in [2.75, 3.05) is 13.1 Å². The summed E-state index contributed by atoms with van der Waals surface area (Å²) < 4.78 is 0. The van der Waals surface area contributed by atoms with Crippen LogP contribution in [0.3, 0.4) is 0 Å². The second-order valence-electron chi connectivity index (χ2n) is 7.23. The van der Waals surface area contributed by atoms with Crippen molar-refractivity contribution in [3.63, 3.8) is 0 Å². The Morgan fingerprint density at radius 2 is 1.93 bits per heavy atom. The van der Waals surface area contributed by atoms with Gasteiger partial charge in [-0.1, -0.05) is 97.0 Å². The monoisotopic (exact) mass is 410 g/mol. The van der Waals surface area contributed by atoms with E-state index in [4.69, 9.17) is 5.73 Å². The molecule has 0 radical (unpaired) electrons. The van der Waals surface area contributed by atoms with Crippen LogP contribution in [-0.4, -0.2) is 24.3 Å². The molecule has 0 saturated carbocycles. The summed E-state index contributed by atoms with van der Waals surface area (Å²) >= 11 is 0. The van der Waals surface area contributed by atoms with Crippen LogP contribution in [0.2, 0.25) is 0 Å². The van der Waals surface area contributed by atoms with Crippen LogP contribution in [-0.2, 0) is 6.54 Å². The van der Waals surface area contributed by atoms with Crippen molar-refractivity contribution < 1.29 is 5.11 Å². The maximum atomic E-state index is 9.38. The van der Waals surface area contributed by atoms with Gasteiger partial charge in [0.2, 0.25) is 0 Å². The first-order valence-corrected chi connectivity index (χ1v) is 10.9. The van der Waals surface area contributed by atoms with Crippen LogP contribution in [0.25, 0.3) is 0 Å². The first-order valence-electron chi connectivity index (χ1n) is 10.9. The zero-order chi connectivity index (χ0) is 22.5. The zero-order valence-electron chi connectivity index (χ0n) is 19.4. The van der Waals surface area contributed by atoms with Gasteiger partial charge in [0.25, 0.3) is 0 Å². The Balaban J connectivity index is 0.000000451. The molecule has 1 aliphatic rings. The third-order valence-corrected chi connectivity index (χ3v) is 4.19. The number of aliphatic hydroxyl groups is 1. The third-order valence-electron chi connectivity index (χ3n) is 4.19. The number of allylic oxidation sites excluding steroid dienone is 10. The van der Waals surface area contributed by atoms with E-state index < -0.39 is 0 Å². The van der Waals surface area contributed by atoms with E-state index in [1.165, 1.54) is 16.7 Å². The Morgan fingerprint density at radius 3 is 2.57 bits per heavy atom. The van der Waals surface area contributed by atoms with Crippen LogP contribution >= 0.6 is 0 Å². The van der Waals surface area contributed by atoms with Gasteiger partial charge < -0.3 is 16.2 Å². The SMILES string of the molecule is C/C=C\C(C)=C/CC.CC1=CC=CC=CC1.NCCC(O)CNCc1ccccc1. The summed E-state index contributed by atoms with van der Waals surface area (Å²) in [4.78, 5) is 0. The van der Waals surface area contributed by atoms with Crippen LogP contribution in [0.15, 0.2) is 90.1 Å². The standard InChI is InChI=1S/C11H18N2O.C8H10.C8H14/c12-7-6-11(14)9-13-8-10-4-2-1-3-5-10;1-8-6-4-2-3-5-7-8;1-4-6-8(3)7-5-2/h1-5,11,13-14H,6-9,12H2;2-6H,7H2,1H3;4,6-7H,5H2,1-3H3/b;;6-4-,8-7-. The molecule has 0 spiro atoms. The first kappa shape index (κ1) is 27.8. The van der Waals surface area contributed by atoms with Crippen molar-refractivity contribution >= 4 is 0 Å². The van der Waals surface area contributed by atoms with Crippen molar-refractivity contribution in [2.24, 2.45) is 5.73 Å². The summed E-state index contributed by atoms with van der Waals surface area (Å²) in [6.45, 7) is 10.4. The summed E-state index contributed by atoms with van der Waals surface area (Å²) in [6, 6.07) is 10.1. The van der Waals surface area contributed by atoms with Gasteiger partial charge in [-0.15, -0.1) is 0 Å². The topological polar surface area (TPSA) is 58.3 Å². The fourth-order valence-corrected chi connectivity index (χ4v) is 2.61. The highest BCUT2D eigenvalue weighted by atomic mass is 16.3.